The van der Waals surface area contributed by atoms with E-state index in [0.29, 0.717) is 11.8 Å². The lowest BCUT2D eigenvalue weighted by atomic mass is 10.0. The number of nitrogens with two attached hydrogens (primary N) is 1. The van der Waals surface area contributed by atoms with Crippen LogP contribution in [0.1, 0.15) is 57.8 Å². The van der Waals surface area contributed by atoms with Gasteiger partial charge in [0, 0.05) is 6.42 Å². The number of hydrogen-bond acceptors (Lipinski definition) is 4. The highest BCUT2D eigenvalue weighted by Crippen LogP contribution is 2.17. The van der Waals surface area contributed by atoms with Gasteiger partial charge >= 0.3 is 0 Å². The number of aryl methyl sites for hydroxylation is 1. The second-order valence-electron chi connectivity index (χ2n) is 4.39. The Bertz CT molecular complexity index is 283. The molecule has 0 aliphatic heterocycles. The van der Waals surface area contributed by atoms with Crippen molar-refractivity contribution in [2.75, 3.05) is 0 Å². The number of hydrogen-bond donors (Lipinski definition) is 1. The molecular formula is C11H21N3O. The van der Waals surface area contributed by atoms with E-state index in [1.165, 1.54) is 0 Å². The van der Waals surface area contributed by atoms with Gasteiger partial charge in [0.1, 0.15) is 0 Å². The summed E-state index contributed by atoms with van der Waals surface area (Å²) in [6.45, 7) is 6.41. The molecule has 0 saturated carbocycles. The molecule has 1 aromatic rings. The third-order valence-corrected chi connectivity index (χ3v) is 2.28. The Kier molecular flexibility index (Phi) is 4.75. The highest BCUT2D eigenvalue weighted by Gasteiger charge is 2.15. The molecule has 0 radical (unpaired) electrons. The summed E-state index contributed by atoms with van der Waals surface area (Å²) in [6, 6.07) is -0.118. The second-order valence-corrected chi connectivity index (χ2v) is 4.39. The fourth-order valence-corrected chi connectivity index (χ4v) is 1.46. The van der Waals surface area contributed by atoms with Crippen LogP contribution in [0.15, 0.2) is 4.52 Å². The average molecular weight is 211 g/mol. The fraction of sp³-hybridized carbons (Fsp3) is 0.818. The van der Waals surface area contributed by atoms with Gasteiger partial charge in [-0.05, 0) is 18.8 Å². The highest BCUT2D eigenvalue weighted by molar-refractivity contribution is 4.92. The van der Waals surface area contributed by atoms with Gasteiger partial charge in [-0.2, -0.15) is 4.98 Å². The van der Waals surface area contributed by atoms with E-state index in [1.807, 2.05) is 0 Å². The van der Waals surface area contributed by atoms with Gasteiger partial charge in [0.25, 0.3) is 0 Å². The van der Waals surface area contributed by atoms with E-state index in [-0.39, 0.29) is 6.04 Å². The van der Waals surface area contributed by atoms with Gasteiger partial charge < -0.3 is 10.3 Å². The number of aromatic nitrogens is 2. The molecule has 1 heterocycles. The highest BCUT2D eigenvalue weighted by atomic mass is 16.5. The molecule has 15 heavy (non-hydrogen) atoms. The van der Waals surface area contributed by atoms with Crippen molar-refractivity contribution in [2.24, 2.45) is 11.7 Å². The van der Waals surface area contributed by atoms with Crippen molar-refractivity contribution in [3.63, 3.8) is 0 Å². The zero-order chi connectivity index (χ0) is 11.3. The lowest BCUT2D eigenvalue weighted by molar-refractivity contribution is 0.332. The minimum absolute atomic E-state index is 0.118. The quantitative estimate of drug-likeness (QED) is 0.785. The molecule has 4 heteroatoms. The minimum Gasteiger partial charge on any atom is -0.338 e. The van der Waals surface area contributed by atoms with Crippen LogP contribution in [-0.2, 0) is 6.42 Å². The first-order valence-corrected chi connectivity index (χ1v) is 5.71. The molecule has 0 aromatic carbocycles. The van der Waals surface area contributed by atoms with Crippen molar-refractivity contribution in [3.8, 4) is 0 Å². The monoisotopic (exact) mass is 211 g/mol. The SMILES string of the molecule is CCCCc1noc([C@H](N)CC(C)C)n1. The lowest BCUT2D eigenvalue weighted by Gasteiger charge is -2.08. The molecule has 1 aromatic heterocycles. The zero-order valence-electron chi connectivity index (χ0n) is 9.86. The van der Waals surface area contributed by atoms with E-state index < -0.39 is 0 Å². The summed E-state index contributed by atoms with van der Waals surface area (Å²) in [5.41, 5.74) is 5.94. The van der Waals surface area contributed by atoms with Crippen LogP contribution in [0.2, 0.25) is 0 Å². The van der Waals surface area contributed by atoms with E-state index in [1.54, 1.807) is 0 Å². The van der Waals surface area contributed by atoms with Crippen molar-refractivity contribution in [1.29, 1.82) is 0 Å². The summed E-state index contributed by atoms with van der Waals surface area (Å²) < 4.78 is 5.14. The second kappa shape index (κ2) is 5.85. The maximum absolute atomic E-state index is 5.94. The summed E-state index contributed by atoms with van der Waals surface area (Å²) in [7, 11) is 0. The normalized spacial score (nSPS) is 13.4. The van der Waals surface area contributed by atoms with Crippen molar-refractivity contribution in [3.05, 3.63) is 11.7 Å². The van der Waals surface area contributed by atoms with Crippen molar-refractivity contribution < 1.29 is 4.52 Å². The fourth-order valence-electron chi connectivity index (χ4n) is 1.46. The number of unbranched alkanes of at least 4 members (excludes halogenated alkanes) is 1. The molecule has 0 spiro atoms. The molecule has 0 bridgehead atoms. The van der Waals surface area contributed by atoms with Gasteiger partial charge in [0.15, 0.2) is 5.82 Å². The number of nitrogens with zero attached hydrogens (tertiary/aromatic N) is 2. The van der Waals surface area contributed by atoms with Gasteiger partial charge in [-0.1, -0.05) is 32.3 Å². The number of rotatable bonds is 6. The van der Waals surface area contributed by atoms with Crippen LogP contribution in [0.25, 0.3) is 0 Å². The molecule has 0 aliphatic carbocycles. The van der Waals surface area contributed by atoms with Crippen LogP contribution in [0.5, 0.6) is 0 Å². The summed E-state index contributed by atoms with van der Waals surface area (Å²) >= 11 is 0. The van der Waals surface area contributed by atoms with Crippen molar-refractivity contribution in [1.82, 2.24) is 10.1 Å². The molecule has 0 unspecified atom stereocenters. The van der Waals surface area contributed by atoms with Crippen LogP contribution in [-0.4, -0.2) is 10.1 Å². The van der Waals surface area contributed by atoms with Gasteiger partial charge in [0.2, 0.25) is 5.89 Å². The first-order chi connectivity index (χ1) is 7.13. The predicted molar refractivity (Wildman–Crippen MR) is 59.3 cm³/mol. The molecule has 0 amide bonds. The first kappa shape index (κ1) is 12.2. The Morgan fingerprint density at radius 3 is 2.73 bits per heavy atom. The topological polar surface area (TPSA) is 64.9 Å². The molecule has 0 saturated heterocycles. The zero-order valence-corrected chi connectivity index (χ0v) is 9.86. The van der Waals surface area contributed by atoms with Crippen molar-refractivity contribution in [2.45, 2.75) is 52.5 Å². The van der Waals surface area contributed by atoms with Crippen molar-refractivity contribution >= 4 is 0 Å². The van der Waals surface area contributed by atoms with E-state index in [2.05, 4.69) is 30.9 Å². The molecule has 86 valence electrons. The Hall–Kier alpha value is -0.900. The molecule has 4 nitrogen and oxygen atoms in total. The third-order valence-electron chi connectivity index (χ3n) is 2.28. The smallest absolute Gasteiger partial charge is 0.243 e. The third kappa shape index (κ3) is 4.00. The van der Waals surface area contributed by atoms with E-state index >= 15 is 0 Å². The standard InChI is InChI=1S/C11H21N3O/c1-4-5-6-10-13-11(15-14-10)9(12)7-8(2)3/h8-9H,4-7,12H2,1-3H3/t9-/m1/s1. The molecule has 1 rings (SSSR count). The van der Waals surface area contributed by atoms with Gasteiger partial charge in [-0.15, -0.1) is 0 Å². The van der Waals surface area contributed by atoms with E-state index in [0.717, 1.165) is 31.5 Å². The molecule has 1 atom stereocenters. The summed E-state index contributed by atoms with van der Waals surface area (Å²) in [4.78, 5) is 4.30. The molecule has 2 N–H and O–H groups in total. The maximum Gasteiger partial charge on any atom is 0.243 e. The molecule has 0 fully saturated rings. The van der Waals surface area contributed by atoms with Crippen LogP contribution < -0.4 is 5.73 Å². The lowest BCUT2D eigenvalue weighted by Crippen LogP contribution is -2.13. The first-order valence-electron chi connectivity index (χ1n) is 5.71. The Morgan fingerprint density at radius 2 is 2.13 bits per heavy atom. The van der Waals surface area contributed by atoms with Crippen LogP contribution >= 0.6 is 0 Å². The Morgan fingerprint density at radius 1 is 1.40 bits per heavy atom. The maximum atomic E-state index is 5.94. The van der Waals surface area contributed by atoms with Gasteiger partial charge in [-0.25, -0.2) is 0 Å². The van der Waals surface area contributed by atoms with Crippen LogP contribution in [0, 0.1) is 5.92 Å². The minimum atomic E-state index is -0.118. The molecule has 0 aliphatic rings. The van der Waals surface area contributed by atoms with E-state index in [9.17, 15) is 0 Å². The summed E-state index contributed by atoms with van der Waals surface area (Å²) in [6.07, 6.45) is 4.00. The van der Waals surface area contributed by atoms with E-state index in [4.69, 9.17) is 10.3 Å². The average Bonchev–Trinajstić information content (AvgIpc) is 2.62. The van der Waals surface area contributed by atoms with Gasteiger partial charge in [0.05, 0.1) is 6.04 Å². The predicted octanol–water partition coefficient (Wildman–Crippen LogP) is 2.46. The van der Waals surface area contributed by atoms with Gasteiger partial charge in [-0.3, -0.25) is 0 Å². The molecular weight excluding hydrogens is 190 g/mol. The summed E-state index contributed by atoms with van der Waals surface area (Å²) in [5, 5.41) is 3.92. The van der Waals surface area contributed by atoms with Crippen LogP contribution in [0.3, 0.4) is 0 Å². The largest absolute Gasteiger partial charge is 0.338 e. The summed E-state index contributed by atoms with van der Waals surface area (Å²) in [5.74, 6) is 1.91. The van der Waals surface area contributed by atoms with Crippen LogP contribution in [0.4, 0.5) is 0 Å². The Balaban J connectivity index is 2.51. The Labute approximate surface area is 91.2 Å².